The molecule has 4 rings (SSSR count). The summed E-state index contributed by atoms with van der Waals surface area (Å²) >= 11 is 9.53. The molecule has 2 saturated heterocycles. The summed E-state index contributed by atoms with van der Waals surface area (Å²) in [5.74, 6) is -1.02. The van der Waals surface area contributed by atoms with Crippen molar-refractivity contribution in [2.24, 2.45) is 5.92 Å². The highest BCUT2D eigenvalue weighted by atomic mass is 79.9. The lowest BCUT2D eigenvalue weighted by molar-refractivity contribution is -0.122. The van der Waals surface area contributed by atoms with Crippen LogP contribution in [0, 0.1) is 5.92 Å². The van der Waals surface area contributed by atoms with Gasteiger partial charge in [0, 0.05) is 41.2 Å². The maximum absolute atomic E-state index is 12.9. The molecule has 30 heavy (non-hydrogen) atoms. The summed E-state index contributed by atoms with van der Waals surface area (Å²) in [5.41, 5.74) is 1.55. The molecule has 0 bridgehead atoms. The first kappa shape index (κ1) is 20.9. The number of hydrogen-bond donors (Lipinski definition) is 1. The molecule has 2 aliphatic heterocycles. The average molecular weight is 491 g/mol. The van der Waals surface area contributed by atoms with Crippen LogP contribution in [0.2, 0.25) is 5.02 Å². The zero-order chi connectivity index (χ0) is 21.3. The van der Waals surface area contributed by atoms with Crippen molar-refractivity contribution >= 4 is 56.6 Å². The second kappa shape index (κ2) is 8.78. The van der Waals surface area contributed by atoms with Crippen molar-refractivity contribution in [1.29, 1.82) is 0 Å². The van der Waals surface area contributed by atoms with Crippen molar-refractivity contribution in [3.05, 3.63) is 57.5 Å². The molecule has 0 aromatic heterocycles. The number of amides is 3. The molecule has 0 aliphatic carbocycles. The van der Waals surface area contributed by atoms with E-state index < -0.39 is 5.92 Å². The summed E-state index contributed by atoms with van der Waals surface area (Å²) in [6.07, 6.45) is 2.08. The van der Waals surface area contributed by atoms with Crippen LogP contribution in [0.3, 0.4) is 0 Å². The Morgan fingerprint density at radius 2 is 1.87 bits per heavy atom. The van der Waals surface area contributed by atoms with Crippen LogP contribution in [0.15, 0.2) is 46.9 Å². The first-order chi connectivity index (χ1) is 14.4. The predicted octanol–water partition coefficient (Wildman–Crippen LogP) is 4.33. The van der Waals surface area contributed by atoms with Crippen LogP contribution in [0.25, 0.3) is 0 Å². The highest BCUT2D eigenvalue weighted by Gasteiger charge is 2.35. The van der Waals surface area contributed by atoms with E-state index in [2.05, 4.69) is 21.2 Å². The van der Waals surface area contributed by atoms with Crippen molar-refractivity contribution < 1.29 is 14.4 Å². The standard InChI is InChI=1S/C22H21BrClN3O3/c23-15-4-3-5-17(11-15)27-13-14(10-20(27)28)21(29)25-19-12-16(24)6-7-18(19)22(30)26-8-1-2-9-26/h3-7,11-12,14H,1-2,8-10,13H2,(H,25,29). The van der Waals surface area contributed by atoms with Gasteiger partial charge in [-0.1, -0.05) is 33.6 Å². The van der Waals surface area contributed by atoms with Gasteiger partial charge in [0.15, 0.2) is 0 Å². The molecule has 2 heterocycles. The van der Waals surface area contributed by atoms with Gasteiger partial charge in [0.2, 0.25) is 11.8 Å². The largest absolute Gasteiger partial charge is 0.339 e. The molecule has 1 unspecified atom stereocenters. The number of benzene rings is 2. The molecule has 6 nitrogen and oxygen atoms in total. The van der Waals surface area contributed by atoms with Gasteiger partial charge in [-0.3, -0.25) is 14.4 Å². The van der Waals surface area contributed by atoms with Crippen LogP contribution in [-0.2, 0) is 9.59 Å². The van der Waals surface area contributed by atoms with Crippen molar-refractivity contribution in [3.8, 4) is 0 Å². The number of anilines is 2. The molecule has 0 saturated carbocycles. The van der Waals surface area contributed by atoms with Crippen LogP contribution in [0.5, 0.6) is 0 Å². The number of rotatable bonds is 4. The number of nitrogens with zero attached hydrogens (tertiary/aromatic N) is 2. The number of nitrogens with one attached hydrogen (secondary N) is 1. The minimum Gasteiger partial charge on any atom is -0.339 e. The lowest BCUT2D eigenvalue weighted by Gasteiger charge is -2.19. The van der Waals surface area contributed by atoms with Crippen LogP contribution >= 0.6 is 27.5 Å². The molecular weight excluding hydrogens is 470 g/mol. The fourth-order valence-electron chi connectivity index (χ4n) is 3.91. The Kier molecular flexibility index (Phi) is 6.11. The molecule has 2 aliphatic rings. The van der Waals surface area contributed by atoms with Gasteiger partial charge in [0.05, 0.1) is 17.2 Å². The normalized spacial score (nSPS) is 18.7. The number of carbonyl (C=O) groups is 3. The van der Waals surface area contributed by atoms with E-state index in [1.54, 1.807) is 28.0 Å². The van der Waals surface area contributed by atoms with E-state index in [9.17, 15) is 14.4 Å². The smallest absolute Gasteiger partial charge is 0.255 e. The SMILES string of the molecule is O=C(Nc1cc(Cl)ccc1C(=O)N1CCCC1)C1CC(=O)N(c2cccc(Br)c2)C1. The molecule has 8 heteroatoms. The third kappa shape index (κ3) is 4.37. The Balaban J connectivity index is 1.51. The Labute approximate surface area is 188 Å². The monoisotopic (exact) mass is 489 g/mol. The van der Waals surface area contributed by atoms with E-state index in [1.165, 1.54) is 0 Å². The van der Waals surface area contributed by atoms with Gasteiger partial charge in [-0.2, -0.15) is 0 Å². The fraction of sp³-hybridized carbons (Fsp3) is 0.318. The second-order valence-electron chi connectivity index (χ2n) is 7.56. The van der Waals surface area contributed by atoms with Crippen molar-refractivity contribution in [1.82, 2.24) is 4.90 Å². The molecule has 0 radical (unpaired) electrons. The van der Waals surface area contributed by atoms with Gasteiger partial charge in [0.1, 0.15) is 0 Å². The predicted molar refractivity (Wildman–Crippen MR) is 120 cm³/mol. The molecule has 3 amide bonds. The van der Waals surface area contributed by atoms with E-state index >= 15 is 0 Å². The van der Waals surface area contributed by atoms with Gasteiger partial charge in [-0.05, 0) is 49.2 Å². The van der Waals surface area contributed by atoms with E-state index in [0.29, 0.717) is 29.4 Å². The molecule has 0 spiro atoms. The maximum Gasteiger partial charge on any atom is 0.255 e. The van der Waals surface area contributed by atoms with Gasteiger partial charge in [-0.25, -0.2) is 0 Å². The van der Waals surface area contributed by atoms with Crippen molar-refractivity contribution in [3.63, 3.8) is 0 Å². The first-order valence-electron chi connectivity index (χ1n) is 9.88. The van der Waals surface area contributed by atoms with Crippen LogP contribution < -0.4 is 10.2 Å². The summed E-state index contributed by atoms with van der Waals surface area (Å²) in [4.78, 5) is 41.7. The maximum atomic E-state index is 12.9. The number of likely N-dealkylation sites (tertiary alicyclic amines) is 1. The van der Waals surface area contributed by atoms with Gasteiger partial charge in [-0.15, -0.1) is 0 Å². The third-order valence-corrected chi connectivity index (χ3v) is 6.21. The van der Waals surface area contributed by atoms with Gasteiger partial charge < -0.3 is 15.1 Å². The molecule has 2 aromatic carbocycles. The summed E-state index contributed by atoms with van der Waals surface area (Å²) in [5, 5.41) is 3.27. The Bertz CT molecular complexity index is 1010. The summed E-state index contributed by atoms with van der Waals surface area (Å²) in [6.45, 7) is 1.72. The summed E-state index contributed by atoms with van der Waals surface area (Å²) < 4.78 is 0.865. The first-order valence-corrected chi connectivity index (χ1v) is 11.0. The number of hydrogen-bond acceptors (Lipinski definition) is 3. The Hall–Kier alpha value is -2.38. The second-order valence-corrected chi connectivity index (χ2v) is 8.92. The molecule has 1 N–H and O–H groups in total. The minimum absolute atomic E-state index is 0.104. The van der Waals surface area contributed by atoms with E-state index in [4.69, 9.17) is 11.6 Å². The lowest BCUT2D eigenvalue weighted by Crippen LogP contribution is -2.31. The Morgan fingerprint density at radius 3 is 2.60 bits per heavy atom. The van der Waals surface area contributed by atoms with Crippen LogP contribution in [0.4, 0.5) is 11.4 Å². The molecular formula is C22H21BrClN3O3. The lowest BCUT2D eigenvalue weighted by atomic mass is 10.1. The summed E-state index contributed by atoms with van der Waals surface area (Å²) in [6, 6.07) is 12.3. The highest BCUT2D eigenvalue weighted by molar-refractivity contribution is 9.10. The van der Waals surface area contributed by atoms with Gasteiger partial charge >= 0.3 is 0 Å². The van der Waals surface area contributed by atoms with E-state index in [1.807, 2.05) is 24.3 Å². The molecule has 2 aromatic rings. The molecule has 1 atom stereocenters. The molecule has 156 valence electrons. The average Bonchev–Trinajstić information content (AvgIpc) is 3.37. The third-order valence-electron chi connectivity index (χ3n) is 5.48. The van der Waals surface area contributed by atoms with Crippen molar-refractivity contribution in [2.75, 3.05) is 29.9 Å². The zero-order valence-electron chi connectivity index (χ0n) is 16.2. The fourth-order valence-corrected chi connectivity index (χ4v) is 4.47. The van der Waals surface area contributed by atoms with Crippen LogP contribution in [0.1, 0.15) is 29.6 Å². The summed E-state index contributed by atoms with van der Waals surface area (Å²) in [7, 11) is 0. The van der Waals surface area contributed by atoms with Crippen molar-refractivity contribution in [2.45, 2.75) is 19.3 Å². The quantitative estimate of drug-likeness (QED) is 0.693. The number of carbonyl (C=O) groups excluding carboxylic acids is 3. The topological polar surface area (TPSA) is 69.7 Å². The highest BCUT2D eigenvalue weighted by Crippen LogP contribution is 2.29. The zero-order valence-corrected chi connectivity index (χ0v) is 18.6. The van der Waals surface area contributed by atoms with Crippen LogP contribution in [-0.4, -0.2) is 42.3 Å². The molecule has 2 fully saturated rings. The number of halogens is 2. The Morgan fingerprint density at radius 1 is 1.10 bits per heavy atom. The van der Waals surface area contributed by atoms with Gasteiger partial charge in [0.25, 0.3) is 5.91 Å². The van der Waals surface area contributed by atoms with E-state index in [0.717, 1.165) is 23.0 Å². The van der Waals surface area contributed by atoms with E-state index in [-0.39, 0.29) is 30.7 Å². The minimum atomic E-state index is -0.509.